The van der Waals surface area contributed by atoms with Crippen LogP contribution in [0.4, 0.5) is 5.69 Å². The van der Waals surface area contributed by atoms with Crippen LogP contribution in [0.2, 0.25) is 5.02 Å². The van der Waals surface area contributed by atoms with Gasteiger partial charge in [-0.15, -0.1) is 0 Å². The van der Waals surface area contributed by atoms with Crippen molar-refractivity contribution in [2.24, 2.45) is 5.92 Å². The van der Waals surface area contributed by atoms with Crippen LogP contribution in [-0.4, -0.2) is 54.8 Å². The number of halogens is 1. The van der Waals surface area contributed by atoms with Gasteiger partial charge in [-0.25, -0.2) is 0 Å². The molecule has 1 aliphatic rings. The summed E-state index contributed by atoms with van der Waals surface area (Å²) < 4.78 is 0. The van der Waals surface area contributed by atoms with Gasteiger partial charge in [-0.1, -0.05) is 11.6 Å². The fraction of sp³-hybridized carbons (Fsp3) is 0.529. The Bertz CT molecular complexity index is 591. The van der Waals surface area contributed by atoms with E-state index in [0.29, 0.717) is 23.0 Å². The first-order valence-corrected chi connectivity index (χ1v) is 8.34. The number of hydrogen-bond acceptors (Lipinski definition) is 3. The van der Waals surface area contributed by atoms with Crippen molar-refractivity contribution in [1.29, 1.82) is 0 Å². The highest BCUT2D eigenvalue weighted by Gasteiger charge is 2.27. The number of anilines is 1. The Kier molecular flexibility index (Phi) is 5.88. The third kappa shape index (κ3) is 4.38. The number of nitrogens with zero attached hydrogens (tertiary/aromatic N) is 2. The molecule has 5 nitrogen and oxygen atoms in total. The van der Waals surface area contributed by atoms with Gasteiger partial charge < -0.3 is 15.1 Å². The Morgan fingerprint density at radius 2 is 2.17 bits per heavy atom. The van der Waals surface area contributed by atoms with Crippen LogP contribution in [0.3, 0.4) is 0 Å². The summed E-state index contributed by atoms with van der Waals surface area (Å²) in [6.45, 7) is 6.46. The fourth-order valence-electron chi connectivity index (χ4n) is 2.98. The summed E-state index contributed by atoms with van der Waals surface area (Å²) in [6.07, 6.45) is 0.937. The van der Waals surface area contributed by atoms with E-state index in [1.54, 1.807) is 31.0 Å². The van der Waals surface area contributed by atoms with Crippen molar-refractivity contribution in [3.05, 3.63) is 28.8 Å². The van der Waals surface area contributed by atoms with E-state index in [1.165, 1.54) is 0 Å². The molecule has 126 valence electrons. The predicted molar refractivity (Wildman–Crippen MR) is 92.9 cm³/mol. The molecule has 1 aromatic carbocycles. The molecule has 0 spiro atoms. The lowest BCUT2D eigenvalue weighted by Gasteiger charge is -2.23. The highest BCUT2D eigenvalue weighted by molar-refractivity contribution is 6.31. The molecule has 1 fully saturated rings. The third-order valence-electron chi connectivity index (χ3n) is 4.19. The molecule has 1 N–H and O–H groups in total. The number of rotatable bonds is 5. The zero-order valence-corrected chi connectivity index (χ0v) is 14.7. The van der Waals surface area contributed by atoms with Crippen LogP contribution >= 0.6 is 11.6 Å². The average Bonchev–Trinajstić information content (AvgIpc) is 2.97. The summed E-state index contributed by atoms with van der Waals surface area (Å²) in [5.74, 6) is 0.380. The topological polar surface area (TPSA) is 52.7 Å². The molecular formula is C17H24ClN3O2. The second-order valence-electron chi connectivity index (χ2n) is 6.03. The Morgan fingerprint density at radius 3 is 2.78 bits per heavy atom. The fourth-order valence-corrected chi connectivity index (χ4v) is 3.15. The third-order valence-corrected chi connectivity index (χ3v) is 4.42. The quantitative estimate of drug-likeness (QED) is 0.898. The summed E-state index contributed by atoms with van der Waals surface area (Å²) in [5.41, 5.74) is 1.38. The normalized spacial score (nSPS) is 17.2. The van der Waals surface area contributed by atoms with Gasteiger partial charge in [0.05, 0.1) is 5.56 Å². The molecule has 0 radical (unpaired) electrons. The molecule has 1 unspecified atom stereocenters. The molecule has 1 saturated heterocycles. The number of amides is 2. The Balaban J connectivity index is 2.05. The van der Waals surface area contributed by atoms with E-state index >= 15 is 0 Å². The molecule has 0 aliphatic carbocycles. The maximum absolute atomic E-state index is 12.7. The molecule has 0 saturated carbocycles. The number of benzene rings is 1. The molecule has 2 amide bonds. The molecule has 1 heterocycles. The van der Waals surface area contributed by atoms with E-state index in [4.69, 9.17) is 11.6 Å². The average molecular weight is 338 g/mol. The zero-order chi connectivity index (χ0) is 17.0. The first-order valence-electron chi connectivity index (χ1n) is 7.96. The van der Waals surface area contributed by atoms with Gasteiger partial charge in [-0.05, 0) is 37.5 Å². The van der Waals surface area contributed by atoms with E-state index in [1.807, 2.05) is 17.9 Å². The summed E-state index contributed by atoms with van der Waals surface area (Å²) in [4.78, 5) is 27.7. The molecule has 1 aromatic rings. The highest BCUT2D eigenvalue weighted by Crippen LogP contribution is 2.23. The van der Waals surface area contributed by atoms with Gasteiger partial charge in [0.25, 0.3) is 5.91 Å². The number of nitrogens with one attached hydrogen (secondary N) is 1. The summed E-state index contributed by atoms with van der Waals surface area (Å²) in [5, 5.41) is 3.74. The molecule has 6 heteroatoms. The number of carbonyl (C=O) groups excluding carboxylic acids is 2. The molecular weight excluding hydrogens is 314 g/mol. The van der Waals surface area contributed by atoms with Crippen LogP contribution < -0.4 is 5.32 Å². The smallest absolute Gasteiger partial charge is 0.255 e. The van der Waals surface area contributed by atoms with Crippen molar-refractivity contribution in [1.82, 2.24) is 9.80 Å². The predicted octanol–water partition coefficient (Wildman–Crippen LogP) is 2.71. The lowest BCUT2D eigenvalue weighted by Crippen LogP contribution is -2.34. The highest BCUT2D eigenvalue weighted by atomic mass is 35.5. The second-order valence-corrected chi connectivity index (χ2v) is 6.46. The molecule has 0 bridgehead atoms. The van der Waals surface area contributed by atoms with Crippen molar-refractivity contribution in [3.63, 3.8) is 0 Å². The standard InChI is InChI=1S/C17H24ClN3O2/c1-4-19-16-6-5-14(18)9-15(16)17(23)20(3)10-13-7-8-21(11-13)12(2)22/h5-6,9,13,19H,4,7-8,10-11H2,1-3H3. The maximum atomic E-state index is 12.7. The van der Waals surface area contributed by atoms with E-state index < -0.39 is 0 Å². The van der Waals surface area contributed by atoms with Gasteiger partial charge in [0.15, 0.2) is 0 Å². The van der Waals surface area contributed by atoms with E-state index in [2.05, 4.69) is 5.32 Å². The van der Waals surface area contributed by atoms with Crippen LogP contribution in [0, 0.1) is 5.92 Å². The van der Waals surface area contributed by atoms with E-state index in [9.17, 15) is 9.59 Å². The monoisotopic (exact) mass is 337 g/mol. The Hall–Kier alpha value is -1.75. The van der Waals surface area contributed by atoms with E-state index in [-0.39, 0.29) is 11.8 Å². The van der Waals surface area contributed by atoms with Crippen LogP contribution in [0.1, 0.15) is 30.6 Å². The second kappa shape index (κ2) is 7.68. The minimum atomic E-state index is -0.0512. The lowest BCUT2D eigenvalue weighted by molar-refractivity contribution is -0.127. The van der Waals surface area contributed by atoms with Crippen LogP contribution in [-0.2, 0) is 4.79 Å². The van der Waals surface area contributed by atoms with Gasteiger partial charge in [-0.2, -0.15) is 0 Å². The largest absolute Gasteiger partial charge is 0.385 e. The van der Waals surface area contributed by atoms with Crippen molar-refractivity contribution in [2.45, 2.75) is 20.3 Å². The first kappa shape index (κ1) is 17.6. The van der Waals surface area contributed by atoms with Crippen LogP contribution in [0.15, 0.2) is 18.2 Å². The molecule has 1 aliphatic heterocycles. The van der Waals surface area contributed by atoms with Crippen molar-refractivity contribution < 1.29 is 9.59 Å². The van der Waals surface area contributed by atoms with Crippen molar-refractivity contribution >= 4 is 29.1 Å². The maximum Gasteiger partial charge on any atom is 0.255 e. The summed E-state index contributed by atoms with van der Waals surface area (Å²) in [6, 6.07) is 5.31. The van der Waals surface area contributed by atoms with Gasteiger partial charge >= 0.3 is 0 Å². The van der Waals surface area contributed by atoms with Crippen molar-refractivity contribution in [3.8, 4) is 0 Å². The van der Waals surface area contributed by atoms with Crippen LogP contribution in [0.25, 0.3) is 0 Å². The Labute approximate surface area is 142 Å². The van der Waals surface area contributed by atoms with Gasteiger partial charge in [0.1, 0.15) is 0 Å². The van der Waals surface area contributed by atoms with Gasteiger partial charge in [-0.3, -0.25) is 9.59 Å². The zero-order valence-electron chi connectivity index (χ0n) is 13.9. The number of hydrogen-bond donors (Lipinski definition) is 1. The SMILES string of the molecule is CCNc1ccc(Cl)cc1C(=O)N(C)CC1CCN(C(C)=O)C1. The van der Waals surface area contributed by atoms with Crippen molar-refractivity contribution in [2.75, 3.05) is 38.5 Å². The summed E-state index contributed by atoms with van der Waals surface area (Å²) >= 11 is 6.05. The van der Waals surface area contributed by atoms with Gasteiger partial charge in [0, 0.05) is 50.9 Å². The minimum Gasteiger partial charge on any atom is -0.385 e. The number of likely N-dealkylation sites (tertiary alicyclic amines) is 1. The van der Waals surface area contributed by atoms with Crippen LogP contribution in [0.5, 0.6) is 0 Å². The number of carbonyl (C=O) groups is 2. The van der Waals surface area contributed by atoms with E-state index in [0.717, 1.165) is 31.7 Å². The summed E-state index contributed by atoms with van der Waals surface area (Å²) in [7, 11) is 1.80. The molecule has 23 heavy (non-hydrogen) atoms. The Morgan fingerprint density at radius 1 is 1.43 bits per heavy atom. The molecule has 2 rings (SSSR count). The molecule has 0 aromatic heterocycles. The van der Waals surface area contributed by atoms with Gasteiger partial charge in [0.2, 0.25) is 5.91 Å². The first-order chi connectivity index (χ1) is 10.9. The molecule has 1 atom stereocenters. The lowest BCUT2D eigenvalue weighted by atomic mass is 10.1. The minimum absolute atomic E-state index is 0.0512.